The van der Waals surface area contributed by atoms with Crippen molar-refractivity contribution in [2.45, 2.75) is 58.1 Å². The molecule has 0 aromatic heterocycles. The molecule has 1 aliphatic heterocycles. The molecule has 0 aromatic rings. The van der Waals surface area contributed by atoms with Crippen LogP contribution in [0.2, 0.25) is 0 Å². The van der Waals surface area contributed by atoms with Gasteiger partial charge in [0.1, 0.15) is 6.04 Å². The summed E-state index contributed by atoms with van der Waals surface area (Å²) < 4.78 is 5.37. The maximum Gasteiger partial charge on any atom is 0.245 e. The third kappa shape index (κ3) is 4.82. The van der Waals surface area contributed by atoms with Crippen molar-refractivity contribution in [1.82, 2.24) is 10.2 Å². The lowest BCUT2D eigenvalue weighted by molar-refractivity contribution is -0.134. The lowest BCUT2D eigenvalue weighted by Crippen LogP contribution is -2.45. The number of nitrogens with one attached hydrogen (secondary N) is 1. The topological polar surface area (TPSA) is 58.6 Å². The normalized spacial score (nSPS) is 21.3. The summed E-state index contributed by atoms with van der Waals surface area (Å²) in [7, 11) is 1.68. The van der Waals surface area contributed by atoms with Gasteiger partial charge in [-0.1, -0.05) is 13.3 Å². The van der Waals surface area contributed by atoms with E-state index in [0.29, 0.717) is 25.9 Å². The van der Waals surface area contributed by atoms with Crippen LogP contribution in [-0.2, 0) is 14.3 Å². The van der Waals surface area contributed by atoms with Gasteiger partial charge in [0.2, 0.25) is 11.8 Å². The summed E-state index contributed by atoms with van der Waals surface area (Å²) in [6.07, 6.45) is 2.74. The molecule has 0 aromatic carbocycles. The van der Waals surface area contributed by atoms with Gasteiger partial charge in [0.25, 0.3) is 0 Å². The van der Waals surface area contributed by atoms with Gasteiger partial charge < -0.3 is 15.0 Å². The average molecular weight is 270 g/mol. The summed E-state index contributed by atoms with van der Waals surface area (Å²) in [5.74, 6) is 0.0138. The van der Waals surface area contributed by atoms with Gasteiger partial charge in [-0.25, -0.2) is 0 Å². The smallest absolute Gasteiger partial charge is 0.245 e. The first kappa shape index (κ1) is 16.0. The Morgan fingerprint density at radius 2 is 2.11 bits per heavy atom. The highest BCUT2D eigenvalue weighted by Crippen LogP contribution is 2.16. The van der Waals surface area contributed by atoms with E-state index in [1.807, 2.05) is 20.8 Å². The van der Waals surface area contributed by atoms with E-state index in [1.54, 1.807) is 12.0 Å². The average Bonchev–Trinajstić information content (AvgIpc) is 2.49. The number of nitrogens with zero attached hydrogens (tertiary/aromatic N) is 1. The highest BCUT2D eigenvalue weighted by Gasteiger charge is 2.30. The van der Waals surface area contributed by atoms with Crippen molar-refractivity contribution >= 4 is 11.8 Å². The quantitative estimate of drug-likeness (QED) is 0.792. The highest BCUT2D eigenvalue weighted by atomic mass is 16.5. The second kappa shape index (κ2) is 6.89. The van der Waals surface area contributed by atoms with E-state index in [0.717, 1.165) is 12.8 Å². The SMILES string of the molecule is CCCC1NC(=O)CCN(CCC(C)(C)OC)C1=O. The molecule has 0 aliphatic carbocycles. The summed E-state index contributed by atoms with van der Waals surface area (Å²) in [5, 5.41) is 2.81. The Labute approximate surface area is 115 Å². The van der Waals surface area contributed by atoms with Crippen LogP contribution in [0.25, 0.3) is 0 Å². The predicted octanol–water partition coefficient (Wildman–Crippen LogP) is 1.32. The van der Waals surface area contributed by atoms with Crippen LogP contribution < -0.4 is 5.32 Å². The predicted molar refractivity (Wildman–Crippen MR) is 73.7 cm³/mol. The maximum absolute atomic E-state index is 12.4. The third-order valence-electron chi connectivity index (χ3n) is 3.67. The lowest BCUT2D eigenvalue weighted by Gasteiger charge is -2.29. The van der Waals surface area contributed by atoms with Crippen LogP contribution in [-0.4, -0.2) is 48.6 Å². The van der Waals surface area contributed by atoms with Gasteiger partial charge in [-0.05, 0) is 26.7 Å². The van der Waals surface area contributed by atoms with Crippen LogP contribution in [0.4, 0.5) is 0 Å². The minimum absolute atomic E-state index is 0.0275. The molecule has 110 valence electrons. The second-order valence-electron chi connectivity index (χ2n) is 5.70. The molecular formula is C14H26N2O3. The van der Waals surface area contributed by atoms with Crippen molar-refractivity contribution in [1.29, 1.82) is 0 Å². The second-order valence-corrected chi connectivity index (χ2v) is 5.70. The standard InChI is InChI=1S/C14H26N2O3/c1-5-6-11-13(18)16(9-7-12(17)15-11)10-8-14(2,3)19-4/h11H,5-10H2,1-4H3,(H,15,17). The molecule has 1 atom stereocenters. The molecule has 0 bridgehead atoms. The Bertz CT molecular complexity index is 329. The van der Waals surface area contributed by atoms with Crippen molar-refractivity contribution in [2.75, 3.05) is 20.2 Å². The summed E-state index contributed by atoms with van der Waals surface area (Å²) in [5.41, 5.74) is -0.246. The first-order valence-corrected chi connectivity index (χ1v) is 7.03. The molecule has 1 N–H and O–H groups in total. The van der Waals surface area contributed by atoms with Crippen LogP contribution in [0.3, 0.4) is 0 Å². The van der Waals surface area contributed by atoms with Gasteiger partial charge in [0.05, 0.1) is 5.60 Å². The molecule has 5 heteroatoms. The number of hydrogen-bond acceptors (Lipinski definition) is 3. The van der Waals surface area contributed by atoms with Crippen molar-refractivity contribution in [3.63, 3.8) is 0 Å². The van der Waals surface area contributed by atoms with Gasteiger partial charge in [0, 0.05) is 26.6 Å². The molecule has 0 radical (unpaired) electrons. The van der Waals surface area contributed by atoms with Crippen LogP contribution in [0.1, 0.15) is 46.5 Å². The van der Waals surface area contributed by atoms with Crippen LogP contribution in [0.5, 0.6) is 0 Å². The first-order chi connectivity index (χ1) is 8.89. The van der Waals surface area contributed by atoms with Gasteiger partial charge in [-0.2, -0.15) is 0 Å². The zero-order valence-electron chi connectivity index (χ0n) is 12.5. The molecule has 2 amide bonds. The molecule has 1 fully saturated rings. The fourth-order valence-corrected chi connectivity index (χ4v) is 2.11. The summed E-state index contributed by atoms with van der Waals surface area (Å²) in [4.78, 5) is 25.7. The maximum atomic E-state index is 12.4. The first-order valence-electron chi connectivity index (χ1n) is 7.03. The van der Waals surface area contributed by atoms with Crippen LogP contribution >= 0.6 is 0 Å². The molecular weight excluding hydrogens is 244 g/mol. The molecule has 1 saturated heterocycles. The van der Waals surface area contributed by atoms with E-state index in [1.165, 1.54) is 0 Å². The van der Waals surface area contributed by atoms with E-state index in [9.17, 15) is 9.59 Å². The van der Waals surface area contributed by atoms with Crippen molar-refractivity contribution in [2.24, 2.45) is 0 Å². The number of rotatable bonds is 6. The monoisotopic (exact) mass is 270 g/mol. The fourth-order valence-electron chi connectivity index (χ4n) is 2.11. The number of hydrogen-bond donors (Lipinski definition) is 1. The summed E-state index contributed by atoms with van der Waals surface area (Å²) in [6, 6.07) is -0.356. The Hall–Kier alpha value is -1.10. The molecule has 5 nitrogen and oxygen atoms in total. The number of carbonyl (C=O) groups excluding carboxylic acids is 2. The van der Waals surface area contributed by atoms with E-state index >= 15 is 0 Å². The number of methoxy groups -OCH3 is 1. The lowest BCUT2D eigenvalue weighted by atomic mass is 10.0. The minimum Gasteiger partial charge on any atom is -0.379 e. The Kier molecular flexibility index (Phi) is 5.79. The van der Waals surface area contributed by atoms with E-state index in [-0.39, 0.29) is 23.5 Å². The zero-order valence-corrected chi connectivity index (χ0v) is 12.5. The number of ether oxygens (including phenoxy) is 1. The Morgan fingerprint density at radius 3 is 2.68 bits per heavy atom. The summed E-state index contributed by atoms with van der Waals surface area (Å²) >= 11 is 0. The van der Waals surface area contributed by atoms with Crippen molar-refractivity contribution in [3.8, 4) is 0 Å². The molecule has 0 spiro atoms. The van der Waals surface area contributed by atoms with E-state index < -0.39 is 0 Å². The molecule has 19 heavy (non-hydrogen) atoms. The zero-order chi connectivity index (χ0) is 14.5. The number of carbonyl (C=O) groups is 2. The van der Waals surface area contributed by atoms with Crippen molar-refractivity contribution in [3.05, 3.63) is 0 Å². The molecule has 1 heterocycles. The minimum atomic E-state index is -0.356. The molecule has 0 saturated carbocycles. The Balaban J connectivity index is 2.65. The largest absolute Gasteiger partial charge is 0.379 e. The van der Waals surface area contributed by atoms with Crippen LogP contribution in [0.15, 0.2) is 0 Å². The van der Waals surface area contributed by atoms with Crippen molar-refractivity contribution < 1.29 is 14.3 Å². The number of amides is 2. The fraction of sp³-hybridized carbons (Fsp3) is 0.857. The molecule has 1 rings (SSSR count). The van der Waals surface area contributed by atoms with E-state index in [2.05, 4.69) is 5.32 Å². The molecule has 1 unspecified atom stereocenters. The highest BCUT2D eigenvalue weighted by molar-refractivity contribution is 5.89. The molecule has 1 aliphatic rings. The third-order valence-corrected chi connectivity index (χ3v) is 3.67. The van der Waals surface area contributed by atoms with Gasteiger partial charge in [0.15, 0.2) is 0 Å². The van der Waals surface area contributed by atoms with Crippen LogP contribution in [0, 0.1) is 0 Å². The van der Waals surface area contributed by atoms with E-state index in [4.69, 9.17) is 4.74 Å². The Morgan fingerprint density at radius 1 is 1.42 bits per heavy atom. The van der Waals surface area contributed by atoms with Gasteiger partial charge in [-0.3, -0.25) is 9.59 Å². The summed E-state index contributed by atoms with van der Waals surface area (Å²) in [6.45, 7) is 7.16. The van der Waals surface area contributed by atoms with Gasteiger partial charge >= 0.3 is 0 Å². The van der Waals surface area contributed by atoms with Gasteiger partial charge in [-0.15, -0.1) is 0 Å².